The highest BCUT2D eigenvalue weighted by molar-refractivity contribution is 8.00. The van der Waals surface area contributed by atoms with Crippen LogP contribution in [0.3, 0.4) is 0 Å². The predicted molar refractivity (Wildman–Crippen MR) is 60.4 cm³/mol. The monoisotopic (exact) mass is 208 g/mol. The highest BCUT2D eigenvalue weighted by atomic mass is 32.2. The number of rotatable bonds is 5. The van der Waals surface area contributed by atoms with Crippen LogP contribution in [0.1, 0.15) is 5.56 Å². The van der Waals surface area contributed by atoms with E-state index >= 15 is 0 Å². The van der Waals surface area contributed by atoms with Crippen LogP contribution in [0.25, 0.3) is 6.08 Å². The summed E-state index contributed by atoms with van der Waals surface area (Å²) in [5, 5.41) is 8.38. The van der Waals surface area contributed by atoms with Gasteiger partial charge < -0.3 is 5.11 Å². The van der Waals surface area contributed by atoms with Gasteiger partial charge in [0.1, 0.15) is 0 Å². The molecule has 1 rings (SSSR count). The Bertz CT molecular complexity index is 306. The lowest BCUT2D eigenvalue weighted by molar-refractivity contribution is -0.133. The molecule has 0 fully saturated rings. The standard InChI is InChI=1S/C11H12O2S/c12-11(13)9-14-8-4-7-10-5-2-1-3-6-10/h1-7H,8-9H2,(H,12,13)/b7-4+. The summed E-state index contributed by atoms with van der Waals surface area (Å²) in [7, 11) is 0. The Morgan fingerprint density at radius 1 is 1.36 bits per heavy atom. The first-order valence-corrected chi connectivity index (χ1v) is 5.45. The molecule has 1 aromatic rings. The van der Waals surface area contributed by atoms with Gasteiger partial charge >= 0.3 is 5.97 Å². The third kappa shape index (κ3) is 4.72. The first-order chi connectivity index (χ1) is 6.79. The van der Waals surface area contributed by atoms with Crippen molar-refractivity contribution in [3.8, 4) is 0 Å². The van der Waals surface area contributed by atoms with Crippen LogP contribution in [-0.2, 0) is 4.79 Å². The van der Waals surface area contributed by atoms with Gasteiger partial charge in [-0.3, -0.25) is 4.79 Å². The number of thioether (sulfide) groups is 1. The van der Waals surface area contributed by atoms with Crippen molar-refractivity contribution in [2.45, 2.75) is 0 Å². The number of hydrogen-bond acceptors (Lipinski definition) is 2. The maximum absolute atomic E-state index is 10.2. The molecule has 0 aliphatic rings. The van der Waals surface area contributed by atoms with Gasteiger partial charge in [0.2, 0.25) is 0 Å². The predicted octanol–water partition coefficient (Wildman–Crippen LogP) is 2.52. The summed E-state index contributed by atoms with van der Waals surface area (Å²) in [5.41, 5.74) is 1.14. The molecular formula is C11H12O2S. The Labute approximate surface area is 87.6 Å². The highest BCUT2D eigenvalue weighted by Crippen LogP contribution is 2.04. The molecule has 0 unspecified atom stereocenters. The van der Waals surface area contributed by atoms with E-state index in [-0.39, 0.29) is 5.75 Å². The van der Waals surface area contributed by atoms with Crippen LogP contribution in [0.15, 0.2) is 36.4 Å². The zero-order valence-electron chi connectivity index (χ0n) is 7.72. The lowest BCUT2D eigenvalue weighted by atomic mass is 10.2. The highest BCUT2D eigenvalue weighted by Gasteiger charge is 1.93. The summed E-state index contributed by atoms with van der Waals surface area (Å²) in [6, 6.07) is 9.95. The molecule has 0 spiro atoms. The third-order valence-electron chi connectivity index (χ3n) is 1.55. The molecule has 0 aliphatic carbocycles. The molecule has 14 heavy (non-hydrogen) atoms. The average molecular weight is 208 g/mol. The Hall–Kier alpha value is -1.22. The molecule has 0 radical (unpaired) electrons. The zero-order chi connectivity index (χ0) is 10.2. The second-order valence-electron chi connectivity index (χ2n) is 2.72. The Morgan fingerprint density at radius 3 is 2.71 bits per heavy atom. The van der Waals surface area contributed by atoms with Crippen LogP contribution in [0.5, 0.6) is 0 Å². The van der Waals surface area contributed by atoms with Crippen LogP contribution in [0.4, 0.5) is 0 Å². The van der Waals surface area contributed by atoms with Gasteiger partial charge in [-0.1, -0.05) is 42.5 Å². The lowest BCUT2D eigenvalue weighted by Gasteiger charge is -1.92. The summed E-state index contributed by atoms with van der Waals surface area (Å²) in [4.78, 5) is 10.2. The van der Waals surface area contributed by atoms with E-state index in [1.807, 2.05) is 42.5 Å². The van der Waals surface area contributed by atoms with Gasteiger partial charge in [-0.05, 0) is 5.56 Å². The fraction of sp³-hybridized carbons (Fsp3) is 0.182. The van der Waals surface area contributed by atoms with Gasteiger partial charge in [-0.15, -0.1) is 11.8 Å². The van der Waals surface area contributed by atoms with Gasteiger partial charge in [0.15, 0.2) is 0 Å². The quantitative estimate of drug-likeness (QED) is 0.755. The van der Waals surface area contributed by atoms with Crippen LogP contribution in [0.2, 0.25) is 0 Å². The SMILES string of the molecule is O=C(O)CSC/C=C/c1ccccc1. The van der Waals surface area contributed by atoms with E-state index in [9.17, 15) is 4.79 Å². The van der Waals surface area contributed by atoms with Crippen molar-refractivity contribution in [2.24, 2.45) is 0 Å². The first kappa shape index (κ1) is 10.9. The largest absolute Gasteiger partial charge is 0.481 e. The van der Waals surface area contributed by atoms with Crippen molar-refractivity contribution in [2.75, 3.05) is 11.5 Å². The second kappa shape index (κ2) is 6.27. The number of carboxylic acids is 1. The van der Waals surface area contributed by atoms with Crippen LogP contribution < -0.4 is 0 Å². The maximum atomic E-state index is 10.2. The van der Waals surface area contributed by atoms with Gasteiger partial charge in [0, 0.05) is 5.75 Å². The second-order valence-corrected chi connectivity index (χ2v) is 3.75. The molecule has 0 aromatic heterocycles. The Morgan fingerprint density at radius 2 is 2.07 bits per heavy atom. The maximum Gasteiger partial charge on any atom is 0.313 e. The van der Waals surface area contributed by atoms with Gasteiger partial charge in [0.05, 0.1) is 5.75 Å². The molecule has 0 amide bonds. The Kier molecular flexibility index (Phi) is 4.86. The van der Waals surface area contributed by atoms with Crippen LogP contribution >= 0.6 is 11.8 Å². The summed E-state index contributed by atoms with van der Waals surface area (Å²) >= 11 is 1.39. The molecule has 0 saturated carbocycles. The molecule has 0 bridgehead atoms. The molecule has 0 saturated heterocycles. The van der Waals surface area contributed by atoms with E-state index in [2.05, 4.69) is 0 Å². The molecule has 0 atom stereocenters. The minimum Gasteiger partial charge on any atom is -0.481 e. The average Bonchev–Trinajstić information content (AvgIpc) is 2.18. The topological polar surface area (TPSA) is 37.3 Å². The minimum atomic E-state index is -0.761. The summed E-state index contributed by atoms with van der Waals surface area (Å²) in [6.45, 7) is 0. The van der Waals surface area contributed by atoms with E-state index in [1.165, 1.54) is 11.8 Å². The first-order valence-electron chi connectivity index (χ1n) is 4.30. The number of aliphatic carboxylic acids is 1. The molecule has 3 heteroatoms. The fourth-order valence-electron chi connectivity index (χ4n) is 0.963. The molecule has 1 N–H and O–H groups in total. The van der Waals surface area contributed by atoms with Crippen molar-refractivity contribution in [3.05, 3.63) is 42.0 Å². The third-order valence-corrected chi connectivity index (χ3v) is 2.43. The fourth-order valence-corrected chi connectivity index (χ4v) is 1.49. The minimum absolute atomic E-state index is 0.166. The molecular weight excluding hydrogens is 196 g/mol. The van der Waals surface area contributed by atoms with Crippen LogP contribution in [0, 0.1) is 0 Å². The normalized spacial score (nSPS) is 10.6. The van der Waals surface area contributed by atoms with Gasteiger partial charge in [-0.25, -0.2) is 0 Å². The van der Waals surface area contributed by atoms with Crippen molar-refractivity contribution < 1.29 is 9.90 Å². The summed E-state index contributed by atoms with van der Waals surface area (Å²) in [6.07, 6.45) is 3.97. The summed E-state index contributed by atoms with van der Waals surface area (Å²) < 4.78 is 0. The van der Waals surface area contributed by atoms with E-state index in [0.29, 0.717) is 0 Å². The van der Waals surface area contributed by atoms with Crippen molar-refractivity contribution in [1.29, 1.82) is 0 Å². The smallest absolute Gasteiger partial charge is 0.313 e. The molecule has 0 heterocycles. The van der Waals surface area contributed by atoms with Gasteiger partial charge in [0.25, 0.3) is 0 Å². The van der Waals surface area contributed by atoms with Gasteiger partial charge in [-0.2, -0.15) is 0 Å². The van der Waals surface area contributed by atoms with E-state index in [4.69, 9.17) is 5.11 Å². The number of carboxylic acid groups (broad SMARTS) is 1. The number of hydrogen-bond donors (Lipinski definition) is 1. The molecule has 2 nitrogen and oxygen atoms in total. The van der Waals surface area contributed by atoms with Crippen molar-refractivity contribution in [3.63, 3.8) is 0 Å². The Balaban J connectivity index is 2.25. The number of carbonyl (C=O) groups is 1. The van der Waals surface area contributed by atoms with Crippen LogP contribution in [-0.4, -0.2) is 22.6 Å². The summed E-state index contributed by atoms with van der Waals surface area (Å²) in [5.74, 6) is 0.142. The molecule has 1 aromatic carbocycles. The van der Waals surface area contributed by atoms with E-state index < -0.39 is 5.97 Å². The molecule has 0 aliphatic heterocycles. The van der Waals surface area contributed by atoms with Crippen molar-refractivity contribution in [1.82, 2.24) is 0 Å². The van der Waals surface area contributed by atoms with E-state index in [1.54, 1.807) is 0 Å². The van der Waals surface area contributed by atoms with E-state index in [0.717, 1.165) is 11.3 Å². The lowest BCUT2D eigenvalue weighted by Crippen LogP contribution is -1.97. The zero-order valence-corrected chi connectivity index (χ0v) is 8.54. The van der Waals surface area contributed by atoms with Crippen molar-refractivity contribution >= 4 is 23.8 Å². The number of benzene rings is 1. The molecule has 74 valence electrons.